The molecule has 0 fully saturated rings. The van der Waals surface area contributed by atoms with E-state index in [0.717, 1.165) is 17.7 Å². The smallest absolute Gasteiger partial charge is 0.330 e. The molecule has 3 rings (SSSR count). The summed E-state index contributed by atoms with van der Waals surface area (Å²) in [5, 5.41) is 12.0. The Morgan fingerprint density at radius 2 is 2.27 bits per heavy atom. The van der Waals surface area contributed by atoms with Crippen LogP contribution in [0.1, 0.15) is 32.5 Å². The molecule has 1 aliphatic heterocycles. The number of ether oxygens (including phenoxy) is 1. The van der Waals surface area contributed by atoms with Gasteiger partial charge in [0.15, 0.2) is 6.04 Å². The number of aryl methyl sites for hydroxylation is 1. The number of rotatable bonds is 4. The Morgan fingerprint density at radius 1 is 1.45 bits per heavy atom. The van der Waals surface area contributed by atoms with Crippen molar-refractivity contribution >= 4 is 23.2 Å². The van der Waals surface area contributed by atoms with Crippen molar-refractivity contribution in [3.8, 4) is 5.75 Å². The van der Waals surface area contributed by atoms with Gasteiger partial charge in [0.2, 0.25) is 0 Å². The molecule has 1 atom stereocenters. The monoisotopic (exact) mass is 318 g/mol. The van der Waals surface area contributed by atoms with E-state index in [0.29, 0.717) is 22.7 Å². The molecule has 1 amide bonds. The van der Waals surface area contributed by atoms with Crippen LogP contribution < -0.4 is 10.1 Å². The molecule has 1 aromatic heterocycles. The topological polar surface area (TPSA) is 88.5 Å². The molecule has 0 radical (unpaired) electrons. The molecule has 1 aliphatic rings. The first-order valence-corrected chi connectivity index (χ1v) is 7.63. The highest BCUT2D eigenvalue weighted by molar-refractivity contribution is 7.11. The van der Waals surface area contributed by atoms with E-state index in [2.05, 4.69) is 10.3 Å². The molecule has 2 aromatic rings. The molecule has 0 aliphatic carbocycles. The molecule has 6 nitrogen and oxygen atoms in total. The van der Waals surface area contributed by atoms with Crippen LogP contribution in [0.4, 0.5) is 0 Å². The van der Waals surface area contributed by atoms with Gasteiger partial charge in [0.1, 0.15) is 10.6 Å². The minimum atomic E-state index is -1.10. The van der Waals surface area contributed by atoms with Crippen LogP contribution in [0.3, 0.4) is 0 Å². The quantitative estimate of drug-likeness (QED) is 0.899. The number of carboxylic acid groups (broad SMARTS) is 1. The highest BCUT2D eigenvalue weighted by Gasteiger charge is 2.25. The second-order valence-electron chi connectivity index (χ2n) is 4.98. The lowest BCUT2D eigenvalue weighted by Crippen LogP contribution is -2.33. The second kappa shape index (κ2) is 5.76. The van der Waals surface area contributed by atoms with E-state index >= 15 is 0 Å². The molecule has 1 aromatic carbocycles. The second-order valence-corrected chi connectivity index (χ2v) is 5.83. The van der Waals surface area contributed by atoms with Gasteiger partial charge in [-0.3, -0.25) is 4.79 Å². The van der Waals surface area contributed by atoms with E-state index in [1.54, 1.807) is 30.6 Å². The van der Waals surface area contributed by atoms with Crippen LogP contribution in [-0.2, 0) is 11.2 Å². The van der Waals surface area contributed by atoms with Crippen molar-refractivity contribution in [1.82, 2.24) is 10.3 Å². The van der Waals surface area contributed by atoms with Gasteiger partial charge in [-0.2, -0.15) is 0 Å². The summed E-state index contributed by atoms with van der Waals surface area (Å²) < 4.78 is 5.41. The molecule has 22 heavy (non-hydrogen) atoms. The molecule has 2 N–H and O–H groups in total. The van der Waals surface area contributed by atoms with Gasteiger partial charge >= 0.3 is 5.97 Å². The zero-order valence-electron chi connectivity index (χ0n) is 11.8. The fraction of sp³-hybridized carbons (Fsp3) is 0.267. The normalized spacial score (nSPS) is 14.0. The minimum Gasteiger partial charge on any atom is -0.493 e. The Balaban J connectivity index is 1.86. The number of amides is 1. The Hall–Kier alpha value is -2.41. The van der Waals surface area contributed by atoms with Crippen molar-refractivity contribution in [2.24, 2.45) is 0 Å². The molecular weight excluding hydrogens is 304 g/mol. The van der Waals surface area contributed by atoms with Gasteiger partial charge in [-0.25, -0.2) is 9.78 Å². The maximum Gasteiger partial charge on any atom is 0.330 e. The summed E-state index contributed by atoms with van der Waals surface area (Å²) in [5.41, 5.74) is 3.65. The van der Waals surface area contributed by atoms with Crippen molar-refractivity contribution in [2.45, 2.75) is 19.4 Å². The number of nitrogens with one attached hydrogen (secondary N) is 1. The Kier molecular flexibility index (Phi) is 3.81. The number of nitrogens with zero attached hydrogens (tertiary/aromatic N) is 1. The van der Waals surface area contributed by atoms with E-state index in [4.69, 9.17) is 4.74 Å². The molecule has 0 bridgehead atoms. The average Bonchev–Trinajstić information content (AvgIpc) is 3.11. The summed E-state index contributed by atoms with van der Waals surface area (Å²) in [7, 11) is 0. The van der Waals surface area contributed by atoms with Crippen LogP contribution in [0, 0.1) is 6.92 Å². The summed E-state index contributed by atoms with van der Waals surface area (Å²) in [6.45, 7) is 2.32. The van der Waals surface area contributed by atoms with Crippen LogP contribution in [0.2, 0.25) is 0 Å². The number of aromatic nitrogens is 1. The number of thiazole rings is 1. The highest BCUT2D eigenvalue weighted by Crippen LogP contribution is 2.28. The van der Waals surface area contributed by atoms with E-state index < -0.39 is 17.9 Å². The third-order valence-electron chi connectivity index (χ3n) is 3.52. The summed E-state index contributed by atoms with van der Waals surface area (Å²) in [5.74, 6) is -0.754. The third-order valence-corrected chi connectivity index (χ3v) is 4.45. The fourth-order valence-electron chi connectivity index (χ4n) is 2.39. The molecule has 2 heterocycles. The Labute approximate surface area is 130 Å². The van der Waals surface area contributed by atoms with Gasteiger partial charge in [-0.1, -0.05) is 6.07 Å². The van der Waals surface area contributed by atoms with Crippen molar-refractivity contribution in [3.05, 3.63) is 45.4 Å². The molecule has 0 unspecified atom stereocenters. The molecule has 0 spiro atoms. The van der Waals surface area contributed by atoms with Gasteiger partial charge in [0.05, 0.1) is 17.8 Å². The summed E-state index contributed by atoms with van der Waals surface area (Å²) in [6.07, 6.45) is 0.747. The number of carbonyl (C=O) groups is 2. The predicted molar refractivity (Wildman–Crippen MR) is 80.3 cm³/mol. The Bertz CT molecular complexity index is 741. The molecular formula is C15H14N2O4S. The molecule has 114 valence electrons. The number of carbonyl (C=O) groups excluding carboxylic acids is 1. The van der Waals surface area contributed by atoms with E-state index in [1.807, 2.05) is 0 Å². The van der Waals surface area contributed by atoms with Gasteiger partial charge in [0, 0.05) is 6.42 Å². The largest absolute Gasteiger partial charge is 0.493 e. The van der Waals surface area contributed by atoms with E-state index in [1.165, 1.54) is 11.3 Å². The average molecular weight is 318 g/mol. The van der Waals surface area contributed by atoms with Gasteiger partial charge < -0.3 is 15.2 Å². The van der Waals surface area contributed by atoms with E-state index in [9.17, 15) is 14.7 Å². The first-order valence-electron chi connectivity index (χ1n) is 6.75. The lowest BCUT2D eigenvalue weighted by molar-refractivity contribution is -0.139. The number of fused-ring (bicyclic) bond motifs is 1. The van der Waals surface area contributed by atoms with Crippen LogP contribution in [0.25, 0.3) is 0 Å². The lowest BCUT2D eigenvalue weighted by Gasteiger charge is -2.15. The van der Waals surface area contributed by atoms with Gasteiger partial charge in [0.25, 0.3) is 5.91 Å². The van der Waals surface area contributed by atoms with Gasteiger partial charge in [-0.15, -0.1) is 11.3 Å². The fourth-order valence-corrected chi connectivity index (χ4v) is 3.10. The number of carboxylic acids is 1. The molecule has 0 saturated carbocycles. The number of aliphatic carboxylic acids is 1. The van der Waals surface area contributed by atoms with Crippen LogP contribution in [0.5, 0.6) is 5.75 Å². The first kappa shape index (κ1) is 14.5. The SMILES string of the molecule is Cc1ncsc1C(=O)N[C@H](C(=O)O)c1ccc2c(c1)CCO2. The van der Waals surface area contributed by atoms with Crippen LogP contribution in [0.15, 0.2) is 23.7 Å². The van der Waals surface area contributed by atoms with Crippen LogP contribution in [-0.4, -0.2) is 28.6 Å². The summed E-state index contributed by atoms with van der Waals surface area (Å²) in [6, 6.07) is 4.10. The maximum absolute atomic E-state index is 12.2. The highest BCUT2D eigenvalue weighted by atomic mass is 32.1. The predicted octanol–water partition coefficient (Wildman–Crippen LogP) is 1.94. The first-order chi connectivity index (χ1) is 10.6. The number of hydrogen-bond acceptors (Lipinski definition) is 5. The summed E-state index contributed by atoms with van der Waals surface area (Å²) in [4.78, 5) is 28.2. The van der Waals surface area contributed by atoms with E-state index in [-0.39, 0.29) is 0 Å². The molecule has 7 heteroatoms. The number of benzene rings is 1. The standard InChI is InChI=1S/C15H14N2O4S/c1-8-13(22-7-16-8)14(18)17-12(15(19)20)10-2-3-11-9(6-10)4-5-21-11/h2-3,6-7,12H,4-5H2,1H3,(H,17,18)(H,19,20)/t12-/m0/s1. The van der Waals surface area contributed by atoms with Crippen molar-refractivity contribution < 1.29 is 19.4 Å². The van der Waals surface area contributed by atoms with Crippen molar-refractivity contribution in [3.63, 3.8) is 0 Å². The maximum atomic E-state index is 12.2. The van der Waals surface area contributed by atoms with Crippen molar-refractivity contribution in [2.75, 3.05) is 6.61 Å². The third kappa shape index (κ3) is 2.67. The summed E-state index contributed by atoms with van der Waals surface area (Å²) >= 11 is 1.19. The zero-order valence-corrected chi connectivity index (χ0v) is 12.6. The zero-order chi connectivity index (χ0) is 15.7. The lowest BCUT2D eigenvalue weighted by atomic mass is 10.0. The minimum absolute atomic E-state index is 0.427. The van der Waals surface area contributed by atoms with Gasteiger partial charge in [-0.05, 0) is 30.2 Å². The van der Waals surface area contributed by atoms with Crippen LogP contribution >= 0.6 is 11.3 Å². The number of hydrogen-bond donors (Lipinski definition) is 2. The Morgan fingerprint density at radius 3 is 2.95 bits per heavy atom. The van der Waals surface area contributed by atoms with Crippen molar-refractivity contribution in [1.29, 1.82) is 0 Å². The molecule has 0 saturated heterocycles.